The van der Waals surface area contributed by atoms with E-state index >= 15 is 8.78 Å². The molecule has 2 aromatic heterocycles. The second-order valence-electron chi connectivity index (χ2n) is 15.9. The first-order valence-corrected chi connectivity index (χ1v) is 19.9. The summed E-state index contributed by atoms with van der Waals surface area (Å²) in [5, 5.41) is 5.32. The zero-order chi connectivity index (χ0) is 41.0. The molecule has 4 atom stereocenters. The highest BCUT2D eigenvalue weighted by atomic mass is 19.1. The van der Waals surface area contributed by atoms with Gasteiger partial charge < -0.3 is 44.8 Å². The Bertz CT molecular complexity index is 1890. The van der Waals surface area contributed by atoms with E-state index < -0.39 is 35.9 Å². The lowest BCUT2D eigenvalue weighted by molar-refractivity contribution is -0.138. The number of benzene rings is 1. The number of aromatic amines is 2. The molecule has 3 fully saturated rings. The smallest absolute Gasteiger partial charge is 0.407 e. The number of hydrogen-bond acceptors (Lipinski definition) is 9. The van der Waals surface area contributed by atoms with Gasteiger partial charge in [-0.15, -0.1) is 0 Å². The maximum Gasteiger partial charge on any atom is 0.407 e. The Balaban J connectivity index is 1.10. The number of nitrogens with one attached hydrogen (secondary N) is 4. The zero-order valence-electron chi connectivity index (χ0n) is 33.6. The molecular weight excluding hydrogens is 740 g/mol. The van der Waals surface area contributed by atoms with Crippen molar-refractivity contribution in [3.63, 3.8) is 0 Å². The van der Waals surface area contributed by atoms with Crippen LogP contribution in [0.4, 0.5) is 24.1 Å². The molecule has 6 rings (SSSR count). The Morgan fingerprint density at radius 2 is 1.23 bits per heavy atom. The van der Waals surface area contributed by atoms with Crippen LogP contribution in [0.25, 0.3) is 11.3 Å². The molecule has 0 bridgehead atoms. The number of likely N-dealkylation sites (tertiary alicyclic amines) is 2. The van der Waals surface area contributed by atoms with Crippen LogP contribution in [0.2, 0.25) is 0 Å². The minimum atomic E-state index is -0.781. The minimum absolute atomic E-state index is 0.0794. The summed E-state index contributed by atoms with van der Waals surface area (Å²) in [5.41, 5.74) is 1.56. The average Bonchev–Trinajstić information content (AvgIpc) is 4.00. The third kappa shape index (κ3) is 9.01. The lowest BCUT2D eigenvalue weighted by Crippen LogP contribution is -2.53. The summed E-state index contributed by atoms with van der Waals surface area (Å²) in [5.74, 6) is -0.829. The summed E-state index contributed by atoms with van der Waals surface area (Å²) in [6.45, 7) is 9.34. The van der Waals surface area contributed by atoms with Crippen LogP contribution in [0.3, 0.4) is 0 Å². The van der Waals surface area contributed by atoms with E-state index in [1.807, 2.05) is 27.7 Å². The van der Waals surface area contributed by atoms with Crippen molar-refractivity contribution in [2.45, 2.75) is 103 Å². The van der Waals surface area contributed by atoms with E-state index in [4.69, 9.17) is 14.5 Å². The van der Waals surface area contributed by atoms with Gasteiger partial charge in [0.2, 0.25) is 11.8 Å². The van der Waals surface area contributed by atoms with Gasteiger partial charge in [0.05, 0.1) is 38.2 Å². The fourth-order valence-electron chi connectivity index (χ4n) is 8.37. The number of rotatable bonds is 11. The molecule has 3 aliphatic heterocycles. The molecule has 0 radical (unpaired) electrons. The summed E-state index contributed by atoms with van der Waals surface area (Å²) in [6, 6.07) is 0.447. The van der Waals surface area contributed by atoms with Crippen LogP contribution in [0.5, 0.6) is 0 Å². The lowest BCUT2D eigenvalue weighted by Gasteiger charge is -2.37. The molecule has 15 nitrogen and oxygen atoms in total. The molecule has 0 aliphatic carbocycles. The van der Waals surface area contributed by atoms with Gasteiger partial charge in [-0.1, -0.05) is 27.7 Å². The second-order valence-corrected chi connectivity index (χ2v) is 15.9. The van der Waals surface area contributed by atoms with Crippen LogP contribution < -0.4 is 15.5 Å². The molecule has 0 unspecified atom stereocenters. The SMILES string of the molecule is COC(=O)N[C@@H](C(=O)N1CCC[C@H]1c1ncc(-c2cc(F)c(N3CCC(c4cnc([C@@H]5CCCCN5C(=O)[C@H](NC(=O)OC)C(C)C)[nH]4)CC3)c(F)c2)[nH]1)C(C)C. The first kappa shape index (κ1) is 41.4. The van der Waals surface area contributed by atoms with Crippen LogP contribution in [-0.4, -0.2) is 106 Å². The maximum absolute atomic E-state index is 15.8. The normalized spacial score (nSPS) is 20.1. The highest BCUT2D eigenvalue weighted by Crippen LogP contribution is 2.37. The molecule has 0 saturated carbocycles. The van der Waals surface area contributed by atoms with Crippen LogP contribution >= 0.6 is 0 Å². The van der Waals surface area contributed by atoms with Gasteiger partial charge in [-0.05, 0) is 68.9 Å². The topological polar surface area (TPSA) is 178 Å². The highest BCUT2D eigenvalue weighted by molar-refractivity contribution is 5.87. The molecule has 0 spiro atoms. The molecule has 310 valence electrons. The van der Waals surface area contributed by atoms with Crippen LogP contribution in [0.15, 0.2) is 24.5 Å². The Kier molecular flexibility index (Phi) is 13.0. The number of aromatic nitrogens is 4. The van der Waals surface area contributed by atoms with Crippen LogP contribution in [0.1, 0.15) is 108 Å². The predicted octanol–water partition coefficient (Wildman–Crippen LogP) is 5.94. The van der Waals surface area contributed by atoms with Crippen molar-refractivity contribution in [1.82, 2.24) is 40.4 Å². The van der Waals surface area contributed by atoms with Crippen molar-refractivity contribution in [3.8, 4) is 11.3 Å². The van der Waals surface area contributed by atoms with Gasteiger partial charge in [0, 0.05) is 49.6 Å². The van der Waals surface area contributed by atoms with E-state index in [9.17, 15) is 19.2 Å². The number of ether oxygens (including phenoxy) is 2. The molecule has 5 heterocycles. The molecule has 4 amide bonds. The molecular formula is C40H55F2N9O6. The number of hydrogen-bond donors (Lipinski definition) is 4. The Labute approximate surface area is 331 Å². The fourth-order valence-corrected chi connectivity index (χ4v) is 8.37. The summed E-state index contributed by atoms with van der Waals surface area (Å²) in [7, 11) is 2.52. The molecule has 3 aromatic rings. The summed E-state index contributed by atoms with van der Waals surface area (Å²) < 4.78 is 41.1. The monoisotopic (exact) mass is 795 g/mol. The van der Waals surface area contributed by atoms with Gasteiger partial charge in [-0.3, -0.25) is 9.59 Å². The maximum atomic E-state index is 15.8. The van der Waals surface area contributed by atoms with Crippen LogP contribution in [-0.2, 0) is 19.1 Å². The number of imidazole rings is 2. The van der Waals surface area contributed by atoms with Gasteiger partial charge in [-0.2, -0.15) is 0 Å². The van der Waals surface area contributed by atoms with E-state index in [-0.39, 0.29) is 47.3 Å². The summed E-state index contributed by atoms with van der Waals surface area (Å²) in [6.07, 6.45) is 7.18. The van der Waals surface area contributed by atoms with Crippen LogP contribution in [0, 0.1) is 23.5 Å². The number of nitrogens with zero attached hydrogens (tertiary/aromatic N) is 5. The number of carbonyl (C=O) groups excluding carboxylic acids is 4. The molecule has 3 saturated heterocycles. The quantitative estimate of drug-likeness (QED) is 0.183. The third-order valence-corrected chi connectivity index (χ3v) is 11.5. The van der Waals surface area contributed by atoms with E-state index in [2.05, 4.69) is 25.6 Å². The van der Waals surface area contributed by atoms with Gasteiger partial charge in [0.1, 0.15) is 41.1 Å². The Morgan fingerprint density at radius 3 is 1.77 bits per heavy atom. The number of methoxy groups -OCH3 is 2. The molecule has 1 aromatic carbocycles. The Morgan fingerprint density at radius 1 is 0.719 bits per heavy atom. The number of alkyl carbamates (subject to hydrolysis) is 2. The van der Waals surface area contributed by atoms with Crippen molar-refractivity contribution in [2.24, 2.45) is 11.8 Å². The van der Waals surface area contributed by atoms with Gasteiger partial charge in [0.15, 0.2) is 0 Å². The van der Waals surface area contributed by atoms with E-state index in [0.29, 0.717) is 68.3 Å². The number of carbonyl (C=O) groups is 4. The zero-order valence-corrected chi connectivity index (χ0v) is 33.6. The standard InChI is InChI=1S/C40H55F2N9O6/c1-22(2)32(47-39(54)56-5)37(52)50-14-8-7-10-30(50)35-43-20-28(45-35)24-12-16-49(17-13-24)34-26(41)18-25(19-27(34)42)29-21-44-36(46-29)31-11-9-15-51(31)38(53)33(23(3)4)48-40(55)57-6/h18-24,30-33H,7-17H2,1-6H3,(H,43,45)(H,44,46)(H,47,54)(H,48,55)/t30-,31-,32+,33+/m0/s1. The van der Waals surface area contributed by atoms with Crippen molar-refractivity contribution in [3.05, 3.63) is 53.5 Å². The van der Waals surface area contributed by atoms with Crippen molar-refractivity contribution in [1.29, 1.82) is 0 Å². The van der Waals surface area contributed by atoms with Gasteiger partial charge in [0.25, 0.3) is 0 Å². The van der Waals surface area contributed by atoms with Crippen molar-refractivity contribution < 1.29 is 37.4 Å². The molecule has 17 heteroatoms. The average molecular weight is 796 g/mol. The van der Waals surface area contributed by atoms with Gasteiger partial charge >= 0.3 is 12.2 Å². The van der Waals surface area contributed by atoms with E-state index in [1.54, 1.807) is 20.9 Å². The van der Waals surface area contributed by atoms with Crippen molar-refractivity contribution in [2.75, 3.05) is 45.3 Å². The highest BCUT2D eigenvalue weighted by Gasteiger charge is 2.39. The molecule has 4 N–H and O–H groups in total. The predicted molar refractivity (Wildman–Crippen MR) is 207 cm³/mol. The fraction of sp³-hybridized carbons (Fsp3) is 0.600. The second kappa shape index (κ2) is 17.9. The largest absolute Gasteiger partial charge is 0.453 e. The number of H-pyrrole nitrogens is 2. The number of halogens is 2. The number of anilines is 1. The molecule has 57 heavy (non-hydrogen) atoms. The minimum Gasteiger partial charge on any atom is -0.453 e. The first-order chi connectivity index (χ1) is 27.3. The van der Waals surface area contributed by atoms with Crippen molar-refractivity contribution >= 4 is 29.7 Å². The first-order valence-electron chi connectivity index (χ1n) is 19.9. The lowest BCUT2D eigenvalue weighted by atomic mass is 9.93. The Hall–Kier alpha value is -5.22. The number of piperidine rings is 2. The van der Waals surface area contributed by atoms with E-state index in [0.717, 1.165) is 31.4 Å². The molecule has 3 aliphatic rings. The third-order valence-electron chi connectivity index (χ3n) is 11.5. The summed E-state index contributed by atoms with van der Waals surface area (Å²) in [4.78, 5) is 72.2. The van der Waals surface area contributed by atoms with E-state index in [1.165, 1.54) is 32.5 Å². The van der Waals surface area contributed by atoms with Gasteiger partial charge in [-0.25, -0.2) is 28.3 Å². The number of amides is 4. The summed E-state index contributed by atoms with van der Waals surface area (Å²) >= 11 is 0.